The van der Waals surface area contributed by atoms with Gasteiger partial charge >= 0.3 is 0 Å². The smallest absolute Gasteiger partial charge is 0.243 e. The molecule has 2 N–H and O–H groups in total. The minimum Gasteiger partial charge on any atom is -0.298 e. The van der Waals surface area contributed by atoms with Crippen LogP contribution in [-0.2, 0) is 4.79 Å². The van der Waals surface area contributed by atoms with E-state index < -0.39 is 0 Å². The molecule has 0 rings (SSSR count). The normalized spacial score (nSPS) is 9.40. The van der Waals surface area contributed by atoms with Gasteiger partial charge in [-0.2, -0.15) is 0 Å². The molecule has 0 aromatic heterocycles. The van der Waals surface area contributed by atoms with E-state index >= 15 is 0 Å². The van der Waals surface area contributed by atoms with Gasteiger partial charge in [-0.1, -0.05) is 6.08 Å². The molecule has 0 saturated heterocycles. The topological polar surface area (TPSA) is 56.2 Å². The Kier molecular flexibility index (Phi) is 3.95. The molecule has 4 nitrogen and oxygen atoms in total. The summed E-state index contributed by atoms with van der Waals surface area (Å²) in [6, 6.07) is 0. The first kappa shape index (κ1) is 8.68. The van der Waals surface area contributed by atoms with Gasteiger partial charge in [0, 0.05) is 13.1 Å². The van der Waals surface area contributed by atoms with Crippen LogP contribution in [0.15, 0.2) is 12.3 Å². The lowest BCUT2D eigenvalue weighted by atomic mass is 10.7. The maximum Gasteiger partial charge on any atom is 0.243 e. The monoisotopic (exact) mass is 141 g/mol. The fourth-order valence-electron chi connectivity index (χ4n) is 0.374. The first-order valence-corrected chi connectivity index (χ1v) is 2.90. The van der Waals surface area contributed by atoms with Crippen molar-refractivity contribution < 1.29 is 4.79 Å². The van der Waals surface area contributed by atoms with Gasteiger partial charge in [0.05, 0.1) is 0 Å². The molecule has 0 fully saturated rings. The summed E-state index contributed by atoms with van der Waals surface area (Å²) in [7, 11) is 0. The van der Waals surface area contributed by atoms with Gasteiger partial charge in [-0.3, -0.25) is 15.6 Å². The van der Waals surface area contributed by atoms with Crippen LogP contribution in [0.25, 0.3) is 0 Å². The van der Waals surface area contributed by atoms with Crippen molar-refractivity contribution in [2.75, 3.05) is 0 Å². The number of rotatable bonds is 3. The van der Waals surface area contributed by atoms with Crippen LogP contribution in [0.1, 0.15) is 13.8 Å². The first-order valence-electron chi connectivity index (χ1n) is 2.90. The largest absolute Gasteiger partial charge is 0.298 e. The number of allylic oxidation sites excluding steroid dienone is 1. The average molecular weight is 141 g/mol. The lowest BCUT2D eigenvalue weighted by Gasteiger charge is -2.12. The van der Waals surface area contributed by atoms with E-state index in [1.807, 2.05) is 6.92 Å². The van der Waals surface area contributed by atoms with Crippen molar-refractivity contribution in [3.8, 4) is 0 Å². The number of hydrogen-bond donors (Lipinski definition) is 2. The number of carbonyl (C=O) groups excluding carboxylic acids is 1. The Labute approximate surface area is 60.0 Å². The van der Waals surface area contributed by atoms with Crippen molar-refractivity contribution in [3.05, 3.63) is 12.3 Å². The Morgan fingerprint density at radius 2 is 2.30 bits per heavy atom. The Balaban J connectivity index is 3.83. The molecule has 0 radical (unpaired) electrons. The second-order valence-electron chi connectivity index (χ2n) is 1.65. The quantitative estimate of drug-likeness (QED) is 0.341. The van der Waals surface area contributed by atoms with Crippen molar-refractivity contribution in [1.82, 2.24) is 10.4 Å². The van der Waals surface area contributed by atoms with Crippen LogP contribution in [0, 0.1) is 5.41 Å². The summed E-state index contributed by atoms with van der Waals surface area (Å²) in [5, 5.41) is 7.82. The van der Waals surface area contributed by atoms with Gasteiger partial charge in [-0.05, 0) is 6.92 Å². The Hall–Kier alpha value is -1.32. The molecule has 56 valence electrons. The lowest BCUT2D eigenvalue weighted by Crippen LogP contribution is -2.36. The molecule has 0 atom stereocenters. The van der Waals surface area contributed by atoms with Crippen molar-refractivity contribution >= 4 is 12.2 Å². The zero-order valence-corrected chi connectivity index (χ0v) is 6.09. The summed E-state index contributed by atoms with van der Waals surface area (Å²) in [6.45, 7) is 3.19. The SMILES string of the molecule is CC=CNN(C=N)C(C)=O. The van der Waals surface area contributed by atoms with Gasteiger partial charge in [-0.15, -0.1) is 0 Å². The molecule has 1 amide bonds. The highest BCUT2D eigenvalue weighted by atomic mass is 16.2. The summed E-state index contributed by atoms with van der Waals surface area (Å²) in [5.41, 5.74) is 2.58. The number of nitrogens with one attached hydrogen (secondary N) is 2. The molecule has 0 aromatic carbocycles. The zero-order valence-electron chi connectivity index (χ0n) is 6.09. The standard InChI is InChI=1S/C6H11N3O/c1-3-4-8-9(5-7)6(2)10/h3-5,7-8H,1-2H3. The van der Waals surface area contributed by atoms with Crippen molar-refractivity contribution in [3.63, 3.8) is 0 Å². The van der Waals surface area contributed by atoms with Crippen LogP contribution < -0.4 is 5.43 Å². The fraction of sp³-hybridized carbons (Fsp3) is 0.333. The third kappa shape index (κ3) is 2.86. The van der Waals surface area contributed by atoms with Crippen LogP contribution in [0.2, 0.25) is 0 Å². The zero-order chi connectivity index (χ0) is 7.98. The van der Waals surface area contributed by atoms with E-state index in [0.717, 1.165) is 11.3 Å². The van der Waals surface area contributed by atoms with Gasteiger partial charge in [0.2, 0.25) is 5.91 Å². The minimum absolute atomic E-state index is 0.215. The molecule has 4 heteroatoms. The van der Waals surface area contributed by atoms with E-state index in [1.54, 1.807) is 12.3 Å². The van der Waals surface area contributed by atoms with Crippen molar-refractivity contribution in [2.45, 2.75) is 13.8 Å². The molecule has 0 aliphatic heterocycles. The van der Waals surface area contributed by atoms with E-state index in [-0.39, 0.29) is 5.91 Å². The van der Waals surface area contributed by atoms with E-state index in [0.29, 0.717) is 0 Å². The van der Waals surface area contributed by atoms with Crippen LogP contribution in [0.3, 0.4) is 0 Å². The summed E-state index contributed by atoms with van der Waals surface area (Å²) in [5.74, 6) is -0.215. The van der Waals surface area contributed by atoms with Gasteiger partial charge in [0.25, 0.3) is 0 Å². The van der Waals surface area contributed by atoms with E-state index in [4.69, 9.17) is 5.41 Å². The molecule has 0 aliphatic rings. The van der Waals surface area contributed by atoms with Gasteiger partial charge in [0.1, 0.15) is 6.34 Å². The average Bonchev–Trinajstić information content (AvgIpc) is 1.89. The molecule has 0 aromatic rings. The highest BCUT2D eigenvalue weighted by Crippen LogP contribution is 1.77. The number of hydrazine groups is 1. The third-order valence-corrected chi connectivity index (χ3v) is 0.849. The summed E-state index contributed by atoms with van der Waals surface area (Å²) in [4.78, 5) is 10.6. The fourth-order valence-corrected chi connectivity index (χ4v) is 0.374. The van der Waals surface area contributed by atoms with Crippen LogP contribution in [0.4, 0.5) is 0 Å². The maximum absolute atomic E-state index is 10.6. The number of carbonyl (C=O) groups is 1. The van der Waals surface area contributed by atoms with Crippen molar-refractivity contribution in [2.24, 2.45) is 0 Å². The highest BCUT2D eigenvalue weighted by Gasteiger charge is 1.99. The van der Waals surface area contributed by atoms with Gasteiger partial charge in [0.15, 0.2) is 0 Å². The summed E-state index contributed by atoms with van der Waals surface area (Å²) >= 11 is 0. The minimum atomic E-state index is -0.215. The molecule has 0 unspecified atom stereocenters. The van der Waals surface area contributed by atoms with E-state index in [2.05, 4.69) is 5.43 Å². The van der Waals surface area contributed by atoms with Crippen LogP contribution in [0.5, 0.6) is 0 Å². The van der Waals surface area contributed by atoms with Crippen LogP contribution >= 0.6 is 0 Å². The molecule has 0 bridgehead atoms. The molecule has 10 heavy (non-hydrogen) atoms. The van der Waals surface area contributed by atoms with E-state index in [1.165, 1.54) is 6.92 Å². The highest BCUT2D eigenvalue weighted by molar-refractivity contribution is 5.84. The Morgan fingerprint density at radius 1 is 1.70 bits per heavy atom. The Bertz CT molecular complexity index is 153. The summed E-state index contributed by atoms with van der Waals surface area (Å²) in [6.07, 6.45) is 4.23. The van der Waals surface area contributed by atoms with Gasteiger partial charge < -0.3 is 0 Å². The third-order valence-electron chi connectivity index (χ3n) is 0.849. The number of nitrogens with zero attached hydrogens (tertiary/aromatic N) is 1. The van der Waals surface area contributed by atoms with Gasteiger partial charge in [-0.25, -0.2) is 5.01 Å². The second kappa shape index (κ2) is 4.55. The molecule has 0 heterocycles. The predicted molar refractivity (Wildman–Crippen MR) is 39.3 cm³/mol. The number of amides is 1. The van der Waals surface area contributed by atoms with Crippen LogP contribution in [-0.4, -0.2) is 17.3 Å². The molecule has 0 saturated carbocycles. The Morgan fingerprint density at radius 3 is 2.60 bits per heavy atom. The first-order chi connectivity index (χ1) is 4.72. The number of hydrogen-bond acceptors (Lipinski definition) is 3. The second-order valence-corrected chi connectivity index (χ2v) is 1.65. The van der Waals surface area contributed by atoms with Crippen molar-refractivity contribution in [1.29, 1.82) is 5.41 Å². The molecular formula is C6H11N3O. The summed E-state index contributed by atoms with van der Waals surface area (Å²) < 4.78 is 0. The maximum atomic E-state index is 10.6. The van der Waals surface area contributed by atoms with E-state index in [9.17, 15) is 4.79 Å². The molecule has 0 spiro atoms. The molecular weight excluding hydrogens is 130 g/mol. The predicted octanol–water partition coefficient (Wildman–Crippen LogP) is 0.480. The lowest BCUT2D eigenvalue weighted by molar-refractivity contribution is -0.126. The molecule has 0 aliphatic carbocycles.